The van der Waals surface area contributed by atoms with Gasteiger partial charge in [0.25, 0.3) is 5.91 Å². The summed E-state index contributed by atoms with van der Waals surface area (Å²) in [5.74, 6) is 0.892. The molecule has 0 bridgehead atoms. The van der Waals surface area contributed by atoms with Crippen molar-refractivity contribution in [3.8, 4) is 5.75 Å². The van der Waals surface area contributed by atoms with E-state index in [0.29, 0.717) is 28.2 Å². The number of hydrogen-bond acceptors (Lipinski definition) is 7. The van der Waals surface area contributed by atoms with Crippen molar-refractivity contribution in [2.45, 2.75) is 70.4 Å². The predicted molar refractivity (Wildman–Crippen MR) is 175 cm³/mol. The normalized spacial score (nSPS) is 18.1. The van der Waals surface area contributed by atoms with Crippen LogP contribution < -0.4 is 15.5 Å². The Morgan fingerprint density at radius 1 is 1.11 bits per heavy atom. The molecule has 4 aromatic rings. The van der Waals surface area contributed by atoms with E-state index in [1.807, 2.05) is 35.3 Å². The highest BCUT2D eigenvalue weighted by molar-refractivity contribution is 6.30. The molecule has 0 unspecified atom stereocenters. The van der Waals surface area contributed by atoms with Gasteiger partial charge in [-0.2, -0.15) is 5.10 Å². The van der Waals surface area contributed by atoms with Crippen LogP contribution in [0.1, 0.15) is 67.5 Å². The number of aromatic nitrogens is 3. The van der Waals surface area contributed by atoms with E-state index in [1.54, 1.807) is 31.6 Å². The van der Waals surface area contributed by atoms with Crippen molar-refractivity contribution in [2.24, 2.45) is 11.3 Å². The van der Waals surface area contributed by atoms with Gasteiger partial charge in [-0.05, 0) is 98.8 Å². The lowest BCUT2D eigenvalue weighted by Crippen LogP contribution is -2.48. The Balaban J connectivity index is 1.14. The van der Waals surface area contributed by atoms with E-state index in [4.69, 9.17) is 20.8 Å². The molecule has 238 valence electrons. The Labute approximate surface area is 268 Å². The van der Waals surface area contributed by atoms with Crippen LogP contribution in [0.25, 0.3) is 11.0 Å². The highest BCUT2D eigenvalue weighted by atomic mass is 35.5. The van der Waals surface area contributed by atoms with Gasteiger partial charge in [0.1, 0.15) is 24.0 Å². The summed E-state index contributed by atoms with van der Waals surface area (Å²) in [5, 5.41) is 8.69. The van der Waals surface area contributed by atoms with Crippen molar-refractivity contribution in [3.05, 3.63) is 87.8 Å². The smallest absolute Gasteiger partial charge is 0.287 e. The monoisotopic (exact) mass is 631 g/mol. The lowest BCUT2D eigenvalue weighted by atomic mass is 9.63. The van der Waals surface area contributed by atoms with Crippen molar-refractivity contribution in [3.63, 3.8) is 0 Å². The lowest BCUT2D eigenvalue weighted by Gasteiger charge is -2.48. The molecule has 6 rings (SSSR count). The highest BCUT2D eigenvalue weighted by Gasteiger charge is 2.42. The third-order valence-corrected chi connectivity index (χ3v) is 10.2. The van der Waals surface area contributed by atoms with Gasteiger partial charge in [0.15, 0.2) is 11.2 Å². The lowest BCUT2D eigenvalue weighted by molar-refractivity contribution is 0.0104. The number of halogens is 1. The third-order valence-electron chi connectivity index (χ3n) is 9.95. The van der Waals surface area contributed by atoms with Gasteiger partial charge in [-0.1, -0.05) is 43.0 Å². The van der Waals surface area contributed by atoms with Gasteiger partial charge in [0.2, 0.25) is 0 Å². The number of fused-ring (bicyclic) bond motifs is 1. The largest absolute Gasteiger partial charge is 0.497 e. The van der Waals surface area contributed by atoms with Crippen LogP contribution in [0, 0.1) is 11.3 Å². The average molecular weight is 632 g/mol. The van der Waals surface area contributed by atoms with Crippen LogP contribution >= 0.6 is 11.6 Å². The fraction of sp³-hybridized carbons (Fsp3) is 0.486. The maximum atomic E-state index is 13.5. The van der Waals surface area contributed by atoms with Gasteiger partial charge >= 0.3 is 0 Å². The van der Waals surface area contributed by atoms with Crippen LogP contribution in [-0.4, -0.2) is 58.4 Å². The number of carbonyl (C=O) groups is 1. The molecule has 2 aliphatic rings. The molecule has 1 aliphatic carbocycles. The molecule has 1 amide bonds. The maximum absolute atomic E-state index is 13.5. The van der Waals surface area contributed by atoms with E-state index < -0.39 is 5.91 Å². The molecule has 3 heterocycles. The second-order valence-corrected chi connectivity index (χ2v) is 13.2. The second kappa shape index (κ2) is 14.2. The van der Waals surface area contributed by atoms with Crippen LogP contribution in [0.5, 0.6) is 5.75 Å². The molecule has 45 heavy (non-hydrogen) atoms. The first-order valence-corrected chi connectivity index (χ1v) is 16.5. The summed E-state index contributed by atoms with van der Waals surface area (Å²) in [6.07, 6.45) is 13.8. The van der Waals surface area contributed by atoms with Crippen molar-refractivity contribution < 1.29 is 13.9 Å². The van der Waals surface area contributed by atoms with E-state index in [9.17, 15) is 9.59 Å². The van der Waals surface area contributed by atoms with Crippen LogP contribution in [-0.2, 0) is 13.0 Å². The van der Waals surface area contributed by atoms with E-state index >= 15 is 0 Å². The second-order valence-electron chi connectivity index (χ2n) is 12.8. The summed E-state index contributed by atoms with van der Waals surface area (Å²) >= 11 is 6.15. The average Bonchev–Trinajstić information content (AvgIpc) is 3.58. The summed E-state index contributed by atoms with van der Waals surface area (Å²) in [5.41, 5.74) is 1.40. The topological polar surface area (TPSA) is 102 Å². The minimum Gasteiger partial charge on any atom is -0.497 e. The molecule has 1 saturated carbocycles. The number of hydrogen-bond donors (Lipinski definition) is 1. The van der Waals surface area contributed by atoms with Crippen molar-refractivity contribution in [1.82, 2.24) is 25.0 Å². The molecule has 2 aromatic carbocycles. The molecule has 1 N–H and O–H groups in total. The molecule has 0 radical (unpaired) electrons. The van der Waals surface area contributed by atoms with E-state index in [-0.39, 0.29) is 22.6 Å². The Hall–Kier alpha value is -3.69. The summed E-state index contributed by atoms with van der Waals surface area (Å²) in [7, 11) is 1.54. The predicted octanol–water partition coefficient (Wildman–Crippen LogP) is 6.14. The number of rotatable bonds is 11. The molecule has 2 aromatic heterocycles. The number of ether oxygens (including phenoxy) is 1. The van der Waals surface area contributed by atoms with E-state index in [0.717, 1.165) is 56.9 Å². The molecule has 2 fully saturated rings. The number of methoxy groups -OCH3 is 1. The number of carbonyl (C=O) groups excluding carboxylic acids is 1. The zero-order valence-electron chi connectivity index (χ0n) is 25.9. The Morgan fingerprint density at radius 2 is 1.89 bits per heavy atom. The number of likely N-dealkylation sites (tertiary alicyclic amines) is 1. The van der Waals surface area contributed by atoms with Gasteiger partial charge in [0.05, 0.1) is 12.5 Å². The number of nitrogens with one attached hydrogen (secondary N) is 1. The fourth-order valence-corrected chi connectivity index (χ4v) is 7.49. The highest BCUT2D eigenvalue weighted by Crippen LogP contribution is 2.47. The first-order chi connectivity index (χ1) is 21.9. The molecule has 1 aliphatic heterocycles. The zero-order chi connectivity index (χ0) is 31.2. The van der Waals surface area contributed by atoms with Crippen LogP contribution in [0.4, 0.5) is 0 Å². The number of benzene rings is 2. The SMILES string of the molecule is COc1ccc2oc(C(=O)N[C@H](CCN3CCC(Cn4cncn4)(C4CCCCC4)CC3)Cc3ccc(Cl)cc3)cc(=O)c2c1. The van der Waals surface area contributed by atoms with Gasteiger partial charge in [-0.15, -0.1) is 0 Å². The third kappa shape index (κ3) is 7.59. The summed E-state index contributed by atoms with van der Waals surface area (Å²) in [6, 6.07) is 13.8. The van der Waals surface area contributed by atoms with Crippen LogP contribution in [0.3, 0.4) is 0 Å². The zero-order valence-corrected chi connectivity index (χ0v) is 26.7. The standard InChI is InChI=1S/C35H42ClN5O4/c1-44-29-11-12-32-30(20-29)31(42)21-33(45-32)34(43)39-28(19-25-7-9-27(36)10-8-25)13-16-40-17-14-35(15-18-40,22-41-24-37-23-38-41)26-5-3-2-4-6-26/h7-12,20-21,23-24,26,28H,2-6,13-19,22H2,1H3,(H,39,43)/t28-/m1/s1. The van der Waals surface area contributed by atoms with E-state index in [2.05, 4.69) is 20.3 Å². The summed E-state index contributed by atoms with van der Waals surface area (Å²) < 4.78 is 13.1. The molecule has 1 saturated heterocycles. The Bertz CT molecular complexity index is 1620. The van der Waals surface area contributed by atoms with Crippen LogP contribution in [0.15, 0.2) is 70.4 Å². The van der Waals surface area contributed by atoms with Crippen molar-refractivity contribution in [1.29, 1.82) is 0 Å². The van der Waals surface area contributed by atoms with Crippen molar-refractivity contribution >= 4 is 28.5 Å². The number of piperidine rings is 1. The van der Waals surface area contributed by atoms with Crippen LogP contribution in [0.2, 0.25) is 5.02 Å². The van der Waals surface area contributed by atoms with E-state index in [1.165, 1.54) is 38.2 Å². The van der Waals surface area contributed by atoms with Crippen molar-refractivity contribution in [2.75, 3.05) is 26.7 Å². The molecule has 1 atom stereocenters. The fourth-order valence-electron chi connectivity index (χ4n) is 7.37. The molecular formula is C35H42ClN5O4. The first kappa shape index (κ1) is 31.3. The Kier molecular flexibility index (Phi) is 9.85. The van der Waals surface area contributed by atoms with Gasteiger partial charge in [-0.3, -0.25) is 14.3 Å². The molecule has 0 spiro atoms. The van der Waals surface area contributed by atoms with Gasteiger partial charge < -0.3 is 19.4 Å². The van der Waals surface area contributed by atoms with Gasteiger partial charge in [-0.25, -0.2) is 4.98 Å². The first-order valence-electron chi connectivity index (χ1n) is 16.1. The quantitative estimate of drug-likeness (QED) is 0.212. The Morgan fingerprint density at radius 3 is 2.60 bits per heavy atom. The summed E-state index contributed by atoms with van der Waals surface area (Å²) in [4.78, 5) is 33.1. The van der Waals surface area contributed by atoms with Gasteiger partial charge in [0, 0.05) is 30.2 Å². The minimum absolute atomic E-state index is 0.00197. The summed E-state index contributed by atoms with van der Waals surface area (Å²) in [6.45, 7) is 3.85. The molecule has 9 nitrogen and oxygen atoms in total. The molecule has 10 heteroatoms. The maximum Gasteiger partial charge on any atom is 0.287 e. The number of nitrogens with zero attached hydrogens (tertiary/aromatic N) is 4. The minimum atomic E-state index is -0.397. The molecular weight excluding hydrogens is 590 g/mol. The number of amides is 1.